The Hall–Kier alpha value is -1.69. The highest BCUT2D eigenvalue weighted by molar-refractivity contribution is 5.78. The SMILES string of the molecule is Cc1ccc(N2CCC3(CC2)CN(CC2CC2)C(=O)CO3)nn1. The van der Waals surface area contributed by atoms with Crippen molar-refractivity contribution < 1.29 is 9.53 Å². The smallest absolute Gasteiger partial charge is 0.248 e. The van der Waals surface area contributed by atoms with Crippen LogP contribution in [0, 0.1) is 12.8 Å². The number of ether oxygens (including phenoxy) is 1. The summed E-state index contributed by atoms with van der Waals surface area (Å²) < 4.78 is 6.00. The Balaban J connectivity index is 1.39. The van der Waals surface area contributed by atoms with Gasteiger partial charge in [-0.2, -0.15) is 5.10 Å². The third-order valence-electron chi connectivity index (χ3n) is 5.29. The fourth-order valence-corrected chi connectivity index (χ4v) is 3.57. The third-order valence-corrected chi connectivity index (χ3v) is 5.29. The van der Waals surface area contributed by atoms with E-state index in [4.69, 9.17) is 4.74 Å². The molecule has 3 heterocycles. The molecular formula is C17H24N4O2. The van der Waals surface area contributed by atoms with Crippen LogP contribution in [0.1, 0.15) is 31.4 Å². The summed E-state index contributed by atoms with van der Waals surface area (Å²) in [5, 5.41) is 8.42. The Morgan fingerprint density at radius 1 is 1.26 bits per heavy atom. The highest BCUT2D eigenvalue weighted by atomic mass is 16.5. The van der Waals surface area contributed by atoms with Gasteiger partial charge in [0, 0.05) is 26.2 Å². The number of amides is 1. The molecule has 0 N–H and O–H groups in total. The molecule has 0 unspecified atom stereocenters. The van der Waals surface area contributed by atoms with Gasteiger partial charge in [0.15, 0.2) is 5.82 Å². The maximum atomic E-state index is 12.1. The zero-order chi connectivity index (χ0) is 15.9. The number of hydrogen-bond donors (Lipinski definition) is 0. The van der Waals surface area contributed by atoms with Gasteiger partial charge in [-0.3, -0.25) is 4.79 Å². The Morgan fingerprint density at radius 3 is 2.70 bits per heavy atom. The number of carbonyl (C=O) groups excluding carboxylic acids is 1. The fourth-order valence-electron chi connectivity index (χ4n) is 3.57. The fraction of sp³-hybridized carbons (Fsp3) is 0.706. The van der Waals surface area contributed by atoms with E-state index < -0.39 is 0 Å². The van der Waals surface area contributed by atoms with Gasteiger partial charge in [0.05, 0.1) is 11.3 Å². The van der Waals surface area contributed by atoms with E-state index in [0.29, 0.717) is 0 Å². The molecule has 1 aromatic rings. The van der Waals surface area contributed by atoms with Gasteiger partial charge >= 0.3 is 0 Å². The van der Waals surface area contributed by atoms with Gasteiger partial charge < -0.3 is 14.5 Å². The molecule has 6 nitrogen and oxygen atoms in total. The maximum absolute atomic E-state index is 12.1. The van der Waals surface area contributed by atoms with Gasteiger partial charge in [0.2, 0.25) is 5.91 Å². The lowest BCUT2D eigenvalue weighted by molar-refractivity contribution is -0.167. The molecule has 6 heteroatoms. The van der Waals surface area contributed by atoms with Crippen molar-refractivity contribution in [3.05, 3.63) is 17.8 Å². The van der Waals surface area contributed by atoms with Crippen LogP contribution in [0.25, 0.3) is 0 Å². The van der Waals surface area contributed by atoms with Gasteiger partial charge in [-0.05, 0) is 50.7 Å². The van der Waals surface area contributed by atoms with Crippen molar-refractivity contribution in [2.75, 3.05) is 37.7 Å². The van der Waals surface area contributed by atoms with Crippen LogP contribution in [0.3, 0.4) is 0 Å². The van der Waals surface area contributed by atoms with Crippen molar-refractivity contribution >= 4 is 11.7 Å². The van der Waals surface area contributed by atoms with Crippen LogP contribution in [0.15, 0.2) is 12.1 Å². The van der Waals surface area contributed by atoms with Crippen LogP contribution in [0.5, 0.6) is 0 Å². The molecule has 23 heavy (non-hydrogen) atoms. The standard InChI is InChI=1S/C17H24N4O2/c1-13-2-5-15(19-18-13)20-8-6-17(7-9-20)12-21(10-14-3-4-14)16(22)11-23-17/h2,5,14H,3-4,6-12H2,1H3. The largest absolute Gasteiger partial charge is 0.363 e. The van der Waals surface area contributed by atoms with Crippen molar-refractivity contribution in [3.63, 3.8) is 0 Å². The van der Waals surface area contributed by atoms with E-state index in [0.717, 1.165) is 56.5 Å². The van der Waals surface area contributed by atoms with Gasteiger partial charge in [-0.1, -0.05) is 0 Å². The zero-order valence-corrected chi connectivity index (χ0v) is 13.7. The van der Waals surface area contributed by atoms with Gasteiger partial charge in [0.1, 0.15) is 6.61 Å². The van der Waals surface area contributed by atoms with E-state index in [1.807, 2.05) is 24.0 Å². The summed E-state index contributed by atoms with van der Waals surface area (Å²) in [6, 6.07) is 4.03. The molecule has 2 saturated heterocycles. The summed E-state index contributed by atoms with van der Waals surface area (Å²) in [4.78, 5) is 16.4. The number of piperidine rings is 1. The molecular weight excluding hydrogens is 292 g/mol. The molecule has 1 saturated carbocycles. The minimum atomic E-state index is -0.155. The summed E-state index contributed by atoms with van der Waals surface area (Å²) in [5.41, 5.74) is 0.782. The number of anilines is 1. The van der Waals surface area contributed by atoms with Crippen LogP contribution in [-0.4, -0.2) is 59.4 Å². The summed E-state index contributed by atoms with van der Waals surface area (Å²) in [6.45, 7) is 5.69. The topological polar surface area (TPSA) is 58.6 Å². The minimum Gasteiger partial charge on any atom is -0.363 e. The van der Waals surface area contributed by atoms with Crippen LogP contribution in [-0.2, 0) is 9.53 Å². The van der Waals surface area contributed by atoms with Gasteiger partial charge in [-0.25, -0.2) is 0 Å². The minimum absolute atomic E-state index is 0.155. The lowest BCUT2D eigenvalue weighted by Gasteiger charge is -2.47. The summed E-state index contributed by atoms with van der Waals surface area (Å²) in [6.07, 6.45) is 4.43. The number of aromatic nitrogens is 2. The second-order valence-electron chi connectivity index (χ2n) is 7.21. The van der Waals surface area contributed by atoms with E-state index in [9.17, 15) is 4.79 Å². The number of carbonyl (C=O) groups is 1. The normalized spacial score (nSPS) is 24.3. The highest BCUT2D eigenvalue weighted by Crippen LogP contribution is 2.35. The first-order valence-corrected chi connectivity index (χ1v) is 8.61. The molecule has 0 aromatic carbocycles. The van der Waals surface area contributed by atoms with Crippen LogP contribution >= 0.6 is 0 Å². The van der Waals surface area contributed by atoms with E-state index >= 15 is 0 Å². The van der Waals surface area contributed by atoms with Crippen molar-refractivity contribution in [1.29, 1.82) is 0 Å². The Morgan fingerprint density at radius 2 is 2.04 bits per heavy atom. The average Bonchev–Trinajstić information content (AvgIpc) is 3.37. The van der Waals surface area contributed by atoms with Gasteiger partial charge in [0.25, 0.3) is 0 Å². The first-order chi connectivity index (χ1) is 11.1. The Kier molecular flexibility index (Phi) is 3.71. The predicted octanol–water partition coefficient (Wildman–Crippen LogP) is 1.39. The predicted molar refractivity (Wildman–Crippen MR) is 86.2 cm³/mol. The van der Waals surface area contributed by atoms with E-state index in [1.54, 1.807) is 0 Å². The molecule has 1 aromatic heterocycles. The van der Waals surface area contributed by atoms with E-state index in [-0.39, 0.29) is 18.1 Å². The van der Waals surface area contributed by atoms with Crippen LogP contribution < -0.4 is 4.90 Å². The second kappa shape index (κ2) is 5.74. The summed E-state index contributed by atoms with van der Waals surface area (Å²) >= 11 is 0. The molecule has 1 aliphatic carbocycles. The Labute approximate surface area is 136 Å². The van der Waals surface area contributed by atoms with Crippen molar-refractivity contribution in [1.82, 2.24) is 15.1 Å². The second-order valence-corrected chi connectivity index (χ2v) is 7.21. The lowest BCUT2D eigenvalue weighted by atomic mass is 9.89. The van der Waals surface area contributed by atoms with Crippen LogP contribution in [0.4, 0.5) is 5.82 Å². The quantitative estimate of drug-likeness (QED) is 0.843. The number of aryl methyl sites for hydroxylation is 1. The van der Waals surface area contributed by atoms with E-state index in [1.165, 1.54) is 12.8 Å². The number of hydrogen-bond acceptors (Lipinski definition) is 5. The molecule has 2 aliphatic heterocycles. The molecule has 4 rings (SSSR count). The summed E-state index contributed by atoms with van der Waals surface area (Å²) in [7, 11) is 0. The zero-order valence-electron chi connectivity index (χ0n) is 13.7. The van der Waals surface area contributed by atoms with Crippen molar-refractivity contribution in [2.45, 2.75) is 38.2 Å². The first kappa shape index (κ1) is 14.9. The lowest BCUT2D eigenvalue weighted by Crippen LogP contribution is -2.59. The number of morpholine rings is 1. The molecule has 3 aliphatic rings. The molecule has 0 radical (unpaired) electrons. The molecule has 0 bridgehead atoms. The van der Waals surface area contributed by atoms with Gasteiger partial charge in [-0.15, -0.1) is 5.10 Å². The van der Waals surface area contributed by atoms with Crippen molar-refractivity contribution in [2.24, 2.45) is 5.92 Å². The number of nitrogens with zero attached hydrogens (tertiary/aromatic N) is 4. The van der Waals surface area contributed by atoms with Crippen molar-refractivity contribution in [3.8, 4) is 0 Å². The molecule has 1 amide bonds. The molecule has 3 fully saturated rings. The molecule has 0 atom stereocenters. The summed E-state index contributed by atoms with van der Waals surface area (Å²) in [5.74, 6) is 1.83. The monoisotopic (exact) mass is 316 g/mol. The number of rotatable bonds is 3. The average molecular weight is 316 g/mol. The van der Waals surface area contributed by atoms with E-state index in [2.05, 4.69) is 15.1 Å². The molecule has 1 spiro atoms. The Bertz CT molecular complexity index is 577. The first-order valence-electron chi connectivity index (χ1n) is 8.61. The third kappa shape index (κ3) is 3.17. The van der Waals surface area contributed by atoms with Crippen LogP contribution in [0.2, 0.25) is 0 Å². The maximum Gasteiger partial charge on any atom is 0.248 e. The molecule has 124 valence electrons. The highest BCUT2D eigenvalue weighted by Gasteiger charge is 2.43.